The molecule has 2 aromatic rings. The van der Waals surface area contributed by atoms with Crippen LogP contribution in [0.25, 0.3) is 0 Å². The summed E-state index contributed by atoms with van der Waals surface area (Å²) in [6.45, 7) is 3.66. The van der Waals surface area contributed by atoms with Gasteiger partial charge >= 0.3 is 0 Å². The highest BCUT2D eigenvalue weighted by atomic mass is 35.5. The molecule has 2 fully saturated rings. The third kappa shape index (κ3) is 5.07. The van der Waals surface area contributed by atoms with Gasteiger partial charge in [-0.25, -0.2) is 0 Å². The molecule has 1 amide bonds. The molecule has 166 valence electrons. The van der Waals surface area contributed by atoms with Gasteiger partial charge in [-0.1, -0.05) is 59.6 Å². The number of halogens is 2. The lowest BCUT2D eigenvalue weighted by Gasteiger charge is -2.54. The molecule has 4 rings (SSSR count). The van der Waals surface area contributed by atoms with Gasteiger partial charge in [0.1, 0.15) is 0 Å². The largest absolute Gasteiger partial charge is 0.378 e. The van der Waals surface area contributed by atoms with Crippen molar-refractivity contribution in [3.8, 4) is 0 Å². The highest BCUT2D eigenvalue weighted by Crippen LogP contribution is 2.29. The molecule has 0 aliphatic carbocycles. The minimum atomic E-state index is 0.0801. The molecule has 5 nitrogen and oxygen atoms in total. The predicted octanol–water partition coefficient (Wildman–Crippen LogP) is 3.58. The van der Waals surface area contributed by atoms with Crippen molar-refractivity contribution < 1.29 is 9.53 Å². The van der Waals surface area contributed by atoms with Gasteiger partial charge in [0.2, 0.25) is 5.91 Å². The van der Waals surface area contributed by atoms with E-state index in [2.05, 4.69) is 53.1 Å². The third-order valence-corrected chi connectivity index (χ3v) is 7.11. The van der Waals surface area contributed by atoms with Gasteiger partial charge in [0.05, 0.1) is 47.8 Å². The number of nitrogens with zero attached hydrogens (tertiary/aromatic N) is 3. The maximum Gasteiger partial charge on any atom is 0.227 e. The van der Waals surface area contributed by atoms with Gasteiger partial charge in [-0.2, -0.15) is 0 Å². The number of carbonyl (C=O) groups is 1. The number of ether oxygens (including phenoxy) is 1. The number of benzene rings is 2. The van der Waals surface area contributed by atoms with Crippen molar-refractivity contribution in [3.63, 3.8) is 0 Å². The molecule has 0 aromatic heterocycles. The molecular weight excluding hydrogens is 433 g/mol. The van der Waals surface area contributed by atoms with Crippen LogP contribution < -0.4 is 0 Å². The Labute approximate surface area is 194 Å². The Morgan fingerprint density at radius 3 is 2.52 bits per heavy atom. The second-order valence-corrected chi connectivity index (χ2v) is 9.41. The minimum absolute atomic E-state index is 0.0801. The maximum atomic E-state index is 13.4. The Bertz CT molecular complexity index is 909. The van der Waals surface area contributed by atoms with Crippen LogP contribution in [0.3, 0.4) is 0 Å². The molecule has 7 heteroatoms. The highest BCUT2D eigenvalue weighted by Gasteiger charge is 2.46. The normalized spacial score (nSPS) is 24.3. The molecule has 2 heterocycles. The van der Waals surface area contributed by atoms with Gasteiger partial charge in [-0.15, -0.1) is 0 Å². The summed E-state index contributed by atoms with van der Waals surface area (Å²) in [5.74, 6) is 0.126. The Kier molecular flexibility index (Phi) is 7.19. The van der Waals surface area contributed by atoms with E-state index in [4.69, 9.17) is 27.9 Å². The summed E-state index contributed by atoms with van der Waals surface area (Å²) in [5, 5.41) is 0.985. The van der Waals surface area contributed by atoms with Crippen LogP contribution in [0.1, 0.15) is 11.1 Å². The second-order valence-electron chi connectivity index (χ2n) is 8.59. The van der Waals surface area contributed by atoms with Gasteiger partial charge in [-0.3, -0.25) is 9.69 Å². The van der Waals surface area contributed by atoms with Crippen LogP contribution in [0.2, 0.25) is 10.0 Å². The molecule has 0 radical (unpaired) electrons. The number of hydrogen-bond acceptors (Lipinski definition) is 4. The maximum absolute atomic E-state index is 13.4. The van der Waals surface area contributed by atoms with Crippen molar-refractivity contribution >= 4 is 29.1 Å². The number of amides is 1. The molecule has 0 bridgehead atoms. The summed E-state index contributed by atoms with van der Waals surface area (Å²) in [7, 11) is 4.13. The van der Waals surface area contributed by atoms with Gasteiger partial charge in [-0.05, 0) is 37.4 Å². The SMILES string of the molecule is CN(C)[C@H]1COCC2C1N(C(=O)Cc1ccc(Cl)c(Cl)c1)CCN2Cc1ccccc1. The van der Waals surface area contributed by atoms with Gasteiger partial charge < -0.3 is 14.5 Å². The molecule has 0 saturated carbocycles. The Balaban J connectivity index is 1.56. The van der Waals surface area contributed by atoms with Crippen LogP contribution in [0.5, 0.6) is 0 Å². The van der Waals surface area contributed by atoms with E-state index in [1.165, 1.54) is 5.56 Å². The molecule has 2 aromatic carbocycles. The van der Waals surface area contributed by atoms with E-state index >= 15 is 0 Å². The molecule has 2 aliphatic heterocycles. The smallest absolute Gasteiger partial charge is 0.227 e. The zero-order valence-electron chi connectivity index (χ0n) is 18.0. The topological polar surface area (TPSA) is 36.0 Å². The fourth-order valence-corrected chi connectivity index (χ4v) is 5.06. The molecule has 0 N–H and O–H groups in total. The molecule has 31 heavy (non-hydrogen) atoms. The van der Waals surface area contributed by atoms with Crippen LogP contribution in [0, 0.1) is 0 Å². The van der Waals surface area contributed by atoms with Crippen molar-refractivity contribution in [2.24, 2.45) is 0 Å². The number of rotatable bonds is 5. The van der Waals surface area contributed by atoms with E-state index in [0.717, 1.165) is 18.7 Å². The molecule has 0 spiro atoms. The van der Waals surface area contributed by atoms with E-state index in [9.17, 15) is 4.79 Å². The van der Waals surface area contributed by atoms with Crippen molar-refractivity contribution in [3.05, 3.63) is 69.7 Å². The number of fused-ring (bicyclic) bond motifs is 1. The Morgan fingerprint density at radius 1 is 1.03 bits per heavy atom. The van der Waals surface area contributed by atoms with Crippen molar-refractivity contribution in [2.45, 2.75) is 31.1 Å². The van der Waals surface area contributed by atoms with Crippen LogP contribution in [-0.4, -0.2) is 79.1 Å². The van der Waals surface area contributed by atoms with E-state index in [-0.39, 0.29) is 24.0 Å². The Morgan fingerprint density at radius 2 is 1.81 bits per heavy atom. The van der Waals surface area contributed by atoms with Crippen LogP contribution in [0.4, 0.5) is 0 Å². The van der Waals surface area contributed by atoms with Gasteiger partial charge in [0.15, 0.2) is 0 Å². The zero-order valence-corrected chi connectivity index (χ0v) is 19.5. The summed E-state index contributed by atoms with van der Waals surface area (Å²) in [4.78, 5) is 20.1. The number of piperazine rings is 1. The van der Waals surface area contributed by atoms with E-state index in [0.29, 0.717) is 36.2 Å². The standard InChI is InChI=1S/C24H29Cl2N3O2/c1-27(2)21-15-31-16-22-24(21)29(11-10-28(22)14-17-6-4-3-5-7-17)23(30)13-18-8-9-19(25)20(26)12-18/h3-9,12,21-22,24H,10-11,13-16H2,1-2H3/t21-,22?,24?/m0/s1. The average Bonchev–Trinajstić information content (AvgIpc) is 2.76. The molecule has 2 saturated heterocycles. The van der Waals surface area contributed by atoms with Crippen molar-refractivity contribution in [1.82, 2.24) is 14.7 Å². The van der Waals surface area contributed by atoms with Gasteiger partial charge in [0.25, 0.3) is 0 Å². The van der Waals surface area contributed by atoms with Crippen LogP contribution in [0.15, 0.2) is 48.5 Å². The monoisotopic (exact) mass is 461 g/mol. The van der Waals surface area contributed by atoms with Crippen molar-refractivity contribution in [1.29, 1.82) is 0 Å². The fourth-order valence-electron chi connectivity index (χ4n) is 4.74. The molecule has 2 unspecified atom stereocenters. The van der Waals surface area contributed by atoms with E-state index in [1.54, 1.807) is 12.1 Å². The molecule has 2 aliphatic rings. The summed E-state index contributed by atoms with van der Waals surface area (Å²) in [6.07, 6.45) is 0.319. The predicted molar refractivity (Wildman–Crippen MR) is 125 cm³/mol. The van der Waals surface area contributed by atoms with Crippen LogP contribution in [-0.2, 0) is 22.5 Å². The van der Waals surface area contributed by atoms with Crippen molar-refractivity contribution in [2.75, 3.05) is 40.4 Å². The lowest BCUT2D eigenvalue weighted by molar-refractivity contribution is -0.152. The second kappa shape index (κ2) is 9.88. The minimum Gasteiger partial charge on any atom is -0.378 e. The highest BCUT2D eigenvalue weighted by molar-refractivity contribution is 6.42. The first kappa shape index (κ1) is 22.6. The van der Waals surface area contributed by atoms with E-state index < -0.39 is 0 Å². The fraction of sp³-hybridized carbons (Fsp3) is 0.458. The zero-order chi connectivity index (χ0) is 22.0. The summed E-state index contributed by atoms with van der Waals surface area (Å²) < 4.78 is 6.00. The van der Waals surface area contributed by atoms with Gasteiger partial charge in [0, 0.05) is 19.6 Å². The molecule has 3 atom stereocenters. The quantitative estimate of drug-likeness (QED) is 0.681. The lowest BCUT2D eigenvalue weighted by Crippen LogP contribution is -2.70. The number of carbonyl (C=O) groups excluding carboxylic acids is 1. The third-order valence-electron chi connectivity index (χ3n) is 6.37. The summed E-state index contributed by atoms with van der Waals surface area (Å²) >= 11 is 12.2. The Hall–Kier alpha value is -1.63. The average molecular weight is 462 g/mol. The summed E-state index contributed by atoms with van der Waals surface area (Å²) in [6, 6.07) is 16.3. The van der Waals surface area contributed by atoms with E-state index in [1.807, 2.05) is 12.1 Å². The first-order valence-electron chi connectivity index (χ1n) is 10.7. The summed E-state index contributed by atoms with van der Waals surface area (Å²) in [5.41, 5.74) is 2.17. The number of likely N-dealkylation sites (N-methyl/N-ethyl adjacent to an activating group) is 1. The lowest BCUT2D eigenvalue weighted by atomic mass is 9.91. The molecular formula is C24H29Cl2N3O2. The van der Waals surface area contributed by atoms with Crippen LogP contribution >= 0.6 is 23.2 Å². The first-order chi connectivity index (χ1) is 14.9. The number of hydrogen-bond donors (Lipinski definition) is 0. The first-order valence-corrected chi connectivity index (χ1v) is 11.4.